The molecule has 1 aromatic heterocycles. The number of carbonyl (C=O) groups is 1. The summed E-state index contributed by atoms with van der Waals surface area (Å²) in [6.07, 6.45) is 1.85. The predicted molar refractivity (Wildman–Crippen MR) is 84.8 cm³/mol. The fraction of sp³-hybridized carbons (Fsp3) is 0.375. The summed E-state index contributed by atoms with van der Waals surface area (Å²) < 4.78 is 4.92. The van der Waals surface area contributed by atoms with Gasteiger partial charge in [-0.25, -0.2) is 9.78 Å². The SMILES string of the molecule is CCOC(=O)c1csc(CCNCCc2ccccc2)n1. The Morgan fingerprint density at radius 3 is 2.76 bits per heavy atom. The smallest absolute Gasteiger partial charge is 0.357 e. The van der Waals surface area contributed by atoms with Crippen LogP contribution in [0.4, 0.5) is 0 Å². The van der Waals surface area contributed by atoms with E-state index in [1.807, 2.05) is 6.07 Å². The molecule has 0 amide bonds. The number of thiazole rings is 1. The van der Waals surface area contributed by atoms with Gasteiger partial charge in [0.05, 0.1) is 11.6 Å². The van der Waals surface area contributed by atoms with Gasteiger partial charge in [-0.1, -0.05) is 30.3 Å². The van der Waals surface area contributed by atoms with Crippen LogP contribution in [0.5, 0.6) is 0 Å². The fourth-order valence-corrected chi connectivity index (χ4v) is 2.69. The number of esters is 1. The maximum absolute atomic E-state index is 11.5. The number of benzene rings is 1. The van der Waals surface area contributed by atoms with Crippen molar-refractivity contribution < 1.29 is 9.53 Å². The van der Waals surface area contributed by atoms with Crippen LogP contribution in [-0.2, 0) is 17.6 Å². The summed E-state index contributed by atoms with van der Waals surface area (Å²) in [6.45, 7) is 3.98. The molecule has 0 aliphatic heterocycles. The van der Waals surface area contributed by atoms with Crippen molar-refractivity contribution in [2.75, 3.05) is 19.7 Å². The van der Waals surface area contributed by atoms with Gasteiger partial charge in [0.2, 0.25) is 0 Å². The van der Waals surface area contributed by atoms with E-state index < -0.39 is 0 Å². The molecule has 0 spiro atoms. The normalized spacial score (nSPS) is 10.5. The zero-order valence-electron chi connectivity index (χ0n) is 12.2. The number of nitrogens with one attached hydrogen (secondary N) is 1. The van der Waals surface area contributed by atoms with Gasteiger partial charge in [-0.05, 0) is 25.5 Å². The van der Waals surface area contributed by atoms with E-state index in [1.165, 1.54) is 16.9 Å². The summed E-state index contributed by atoms with van der Waals surface area (Å²) in [6, 6.07) is 10.4. The summed E-state index contributed by atoms with van der Waals surface area (Å²) in [5.74, 6) is -0.336. The highest BCUT2D eigenvalue weighted by Crippen LogP contribution is 2.11. The number of ether oxygens (including phenoxy) is 1. The first kappa shape index (κ1) is 15.7. The first-order valence-corrected chi connectivity index (χ1v) is 8.03. The molecule has 2 aromatic rings. The van der Waals surface area contributed by atoms with Gasteiger partial charge < -0.3 is 10.1 Å². The minimum absolute atomic E-state index is 0.336. The Bertz CT molecular complexity index is 554. The van der Waals surface area contributed by atoms with Crippen LogP contribution >= 0.6 is 11.3 Å². The lowest BCUT2D eigenvalue weighted by atomic mass is 10.1. The standard InChI is InChI=1S/C16H20N2O2S/c1-2-20-16(19)14-12-21-15(18-14)9-11-17-10-8-13-6-4-3-5-7-13/h3-7,12,17H,2,8-11H2,1H3. The Hall–Kier alpha value is -1.72. The van der Waals surface area contributed by atoms with E-state index in [1.54, 1.807) is 12.3 Å². The molecule has 5 heteroatoms. The highest BCUT2D eigenvalue weighted by atomic mass is 32.1. The second kappa shape index (κ2) is 8.54. The van der Waals surface area contributed by atoms with Crippen LogP contribution in [0.15, 0.2) is 35.7 Å². The van der Waals surface area contributed by atoms with Gasteiger partial charge in [0.1, 0.15) is 0 Å². The van der Waals surface area contributed by atoms with Crippen LogP contribution in [-0.4, -0.2) is 30.6 Å². The summed E-state index contributed by atoms with van der Waals surface area (Å²) in [4.78, 5) is 15.8. The molecule has 2 rings (SSSR count). The van der Waals surface area contributed by atoms with Crippen LogP contribution in [0.2, 0.25) is 0 Å². The quantitative estimate of drug-likeness (QED) is 0.602. The van der Waals surface area contributed by atoms with Crippen molar-refractivity contribution in [2.45, 2.75) is 19.8 Å². The van der Waals surface area contributed by atoms with Crippen LogP contribution in [0.3, 0.4) is 0 Å². The third kappa shape index (κ3) is 5.28. The molecule has 112 valence electrons. The Labute approximate surface area is 129 Å². The second-order valence-corrected chi connectivity index (χ2v) is 5.53. The molecule has 0 saturated carbocycles. The lowest BCUT2D eigenvalue weighted by Gasteiger charge is -2.03. The Kier molecular flexibility index (Phi) is 6.37. The Morgan fingerprint density at radius 1 is 1.24 bits per heavy atom. The Balaban J connectivity index is 1.66. The van der Waals surface area contributed by atoms with Gasteiger partial charge in [0.25, 0.3) is 0 Å². The summed E-state index contributed by atoms with van der Waals surface area (Å²) in [5.41, 5.74) is 1.75. The van der Waals surface area contributed by atoms with E-state index in [4.69, 9.17) is 4.74 Å². The van der Waals surface area contributed by atoms with Gasteiger partial charge in [-0.2, -0.15) is 0 Å². The van der Waals surface area contributed by atoms with Gasteiger partial charge >= 0.3 is 5.97 Å². The highest BCUT2D eigenvalue weighted by molar-refractivity contribution is 7.09. The predicted octanol–water partition coefficient (Wildman–Crippen LogP) is 2.69. The lowest BCUT2D eigenvalue weighted by Crippen LogP contribution is -2.20. The first-order valence-electron chi connectivity index (χ1n) is 7.15. The molecule has 0 unspecified atom stereocenters. The van der Waals surface area contributed by atoms with Gasteiger partial charge in [-0.3, -0.25) is 0 Å². The summed E-state index contributed by atoms with van der Waals surface area (Å²) in [5, 5.41) is 6.12. The molecule has 4 nitrogen and oxygen atoms in total. The highest BCUT2D eigenvalue weighted by Gasteiger charge is 2.10. The van der Waals surface area contributed by atoms with Crippen molar-refractivity contribution in [2.24, 2.45) is 0 Å². The van der Waals surface area contributed by atoms with Gasteiger partial charge in [-0.15, -0.1) is 11.3 Å². The average Bonchev–Trinajstić information content (AvgIpc) is 2.97. The van der Waals surface area contributed by atoms with E-state index in [2.05, 4.69) is 34.6 Å². The minimum Gasteiger partial charge on any atom is -0.461 e. The number of aromatic nitrogens is 1. The number of rotatable bonds is 8. The third-order valence-corrected chi connectivity index (χ3v) is 3.89. The zero-order valence-corrected chi connectivity index (χ0v) is 13.0. The summed E-state index contributed by atoms with van der Waals surface area (Å²) in [7, 11) is 0. The molecule has 1 N–H and O–H groups in total. The molecule has 0 radical (unpaired) electrons. The van der Waals surface area contributed by atoms with E-state index >= 15 is 0 Å². The van der Waals surface area contributed by atoms with E-state index in [9.17, 15) is 4.79 Å². The molecular weight excluding hydrogens is 284 g/mol. The van der Waals surface area contributed by atoms with E-state index in [-0.39, 0.29) is 5.97 Å². The monoisotopic (exact) mass is 304 g/mol. The molecule has 0 atom stereocenters. The maximum atomic E-state index is 11.5. The molecule has 1 aromatic carbocycles. The molecule has 0 bridgehead atoms. The lowest BCUT2D eigenvalue weighted by molar-refractivity contribution is 0.0520. The minimum atomic E-state index is -0.336. The Morgan fingerprint density at radius 2 is 2.00 bits per heavy atom. The van der Waals surface area contributed by atoms with Crippen molar-refractivity contribution in [1.29, 1.82) is 0 Å². The van der Waals surface area contributed by atoms with Crippen LogP contribution in [0.25, 0.3) is 0 Å². The van der Waals surface area contributed by atoms with Crippen LogP contribution in [0.1, 0.15) is 28.0 Å². The largest absolute Gasteiger partial charge is 0.461 e. The molecule has 0 aliphatic carbocycles. The summed E-state index contributed by atoms with van der Waals surface area (Å²) >= 11 is 1.51. The van der Waals surface area contributed by atoms with Crippen LogP contribution in [0, 0.1) is 0 Å². The number of hydrogen-bond acceptors (Lipinski definition) is 5. The van der Waals surface area contributed by atoms with Gasteiger partial charge in [0.15, 0.2) is 5.69 Å². The molecule has 21 heavy (non-hydrogen) atoms. The number of carbonyl (C=O) groups excluding carboxylic acids is 1. The molecular formula is C16H20N2O2S. The van der Waals surface area contributed by atoms with Crippen molar-refractivity contribution in [3.63, 3.8) is 0 Å². The van der Waals surface area contributed by atoms with Crippen molar-refractivity contribution in [1.82, 2.24) is 10.3 Å². The van der Waals surface area contributed by atoms with Crippen molar-refractivity contribution >= 4 is 17.3 Å². The van der Waals surface area contributed by atoms with Crippen molar-refractivity contribution in [3.8, 4) is 0 Å². The fourth-order valence-electron chi connectivity index (χ4n) is 1.92. The first-order chi connectivity index (χ1) is 10.3. The van der Waals surface area contributed by atoms with Gasteiger partial charge in [0, 0.05) is 18.3 Å². The number of hydrogen-bond donors (Lipinski definition) is 1. The molecule has 1 heterocycles. The maximum Gasteiger partial charge on any atom is 0.357 e. The zero-order chi connectivity index (χ0) is 14.9. The third-order valence-electron chi connectivity index (χ3n) is 2.99. The van der Waals surface area contributed by atoms with Crippen molar-refractivity contribution in [3.05, 3.63) is 52.0 Å². The van der Waals surface area contributed by atoms with E-state index in [0.717, 1.165) is 30.9 Å². The average molecular weight is 304 g/mol. The topological polar surface area (TPSA) is 51.2 Å². The van der Waals surface area contributed by atoms with Crippen LogP contribution < -0.4 is 5.32 Å². The molecule has 0 aliphatic rings. The number of nitrogens with zero attached hydrogens (tertiary/aromatic N) is 1. The molecule has 0 saturated heterocycles. The second-order valence-electron chi connectivity index (χ2n) is 4.58. The molecule has 0 fully saturated rings. The van der Waals surface area contributed by atoms with E-state index in [0.29, 0.717) is 12.3 Å².